The molecule has 0 radical (unpaired) electrons. The van der Waals surface area contributed by atoms with Crippen molar-refractivity contribution in [1.29, 1.82) is 0 Å². The molecule has 0 bridgehead atoms. The van der Waals surface area contributed by atoms with Crippen LogP contribution in [-0.2, 0) is 5.41 Å². The van der Waals surface area contributed by atoms with Gasteiger partial charge in [-0.15, -0.1) is 11.3 Å². The number of nitrogens with zero attached hydrogens (tertiary/aromatic N) is 2. The van der Waals surface area contributed by atoms with E-state index in [4.69, 9.17) is 4.98 Å². The summed E-state index contributed by atoms with van der Waals surface area (Å²) in [6.45, 7) is 0. The summed E-state index contributed by atoms with van der Waals surface area (Å²) in [7, 11) is 0. The maximum absolute atomic E-state index is 5.30. The second-order valence-corrected chi connectivity index (χ2v) is 13.7. The monoisotopic (exact) mass is 614 g/mol. The smallest absolute Gasteiger partial charge is 0.145 e. The summed E-state index contributed by atoms with van der Waals surface area (Å²) in [6, 6.07) is 58.0. The number of fused-ring (bicyclic) bond motifs is 12. The first-order chi connectivity index (χ1) is 23.3. The summed E-state index contributed by atoms with van der Waals surface area (Å²) < 4.78 is 5.08. The van der Waals surface area contributed by atoms with Gasteiger partial charge >= 0.3 is 0 Å². The first kappa shape index (κ1) is 25.4. The van der Waals surface area contributed by atoms with E-state index in [9.17, 15) is 0 Å². The van der Waals surface area contributed by atoms with E-state index < -0.39 is 5.41 Å². The molecule has 1 atom stereocenters. The fraction of sp³-hybridized carbons (Fsp3) is 0.0227. The Kier molecular flexibility index (Phi) is 4.95. The summed E-state index contributed by atoms with van der Waals surface area (Å²) >= 11 is 1.90. The molecule has 1 spiro atoms. The lowest BCUT2D eigenvalue weighted by Crippen LogP contribution is -2.33. The molecule has 0 saturated heterocycles. The molecule has 9 aromatic rings. The third-order valence-electron chi connectivity index (χ3n) is 10.4. The van der Waals surface area contributed by atoms with Crippen LogP contribution in [0.5, 0.6) is 0 Å². The molecule has 2 aromatic heterocycles. The van der Waals surface area contributed by atoms with Crippen molar-refractivity contribution in [3.63, 3.8) is 0 Å². The van der Waals surface area contributed by atoms with E-state index >= 15 is 0 Å². The number of rotatable bonds is 2. The van der Waals surface area contributed by atoms with Crippen molar-refractivity contribution in [3.8, 4) is 39.3 Å². The zero-order chi connectivity index (χ0) is 30.7. The van der Waals surface area contributed by atoms with Crippen LogP contribution in [0.15, 0.2) is 158 Å². The van der Waals surface area contributed by atoms with Gasteiger partial charge in [-0.05, 0) is 57.1 Å². The number of para-hydroxylation sites is 2. The van der Waals surface area contributed by atoms with Gasteiger partial charge in [-0.2, -0.15) is 0 Å². The molecule has 1 aliphatic carbocycles. The average Bonchev–Trinajstić information content (AvgIpc) is 3.81. The fourth-order valence-corrected chi connectivity index (χ4v) is 9.90. The minimum atomic E-state index is -0.490. The van der Waals surface area contributed by atoms with Crippen molar-refractivity contribution in [2.75, 3.05) is 0 Å². The number of hydrogen-bond donors (Lipinski definition) is 0. The highest BCUT2D eigenvalue weighted by molar-refractivity contribution is 7.26. The van der Waals surface area contributed by atoms with Gasteiger partial charge in [0.05, 0.1) is 22.1 Å². The Morgan fingerprint density at radius 3 is 2.09 bits per heavy atom. The normalized spacial score (nSPS) is 15.7. The molecule has 47 heavy (non-hydrogen) atoms. The highest BCUT2D eigenvalue weighted by Crippen LogP contribution is 2.62. The summed E-state index contributed by atoms with van der Waals surface area (Å²) in [5.74, 6) is 0.979. The second kappa shape index (κ2) is 9.16. The lowest BCUT2D eigenvalue weighted by molar-refractivity contribution is 0.746. The van der Waals surface area contributed by atoms with Crippen molar-refractivity contribution in [3.05, 3.63) is 180 Å². The van der Waals surface area contributed by atoms with Crippen LogP contribution in [0.1, 0.15) is 22.3 Å². The number of hydrogen-bond acceptors (Lipinski definition) is 2. The second-order valence-electron chi connectivity index (χ2n) is 12.6. The standard InChI is InChI=1S/C44H26N2S/c1-2-13-27(14-3-1)43-45-37-24-12-23-36-41(37)46(43)38-25-8-7-21-34(38)44(36)33-20-6-4-16-32(33)40-29(17-11-22-35(40)44)31-19-10-18-30-28-15-5-9-26-39(28)47-42(30)31/h1-26H/t44-/m0/s1. The molecule has 0 saturated carbocycles. The van der Waals surface area contributed by atoms with E-state index in [0.29, 0.717) is 0 Å². The van der Waals surface area contributed by atoms with Crippen molar-refractivity contribution in [2.24, 2.45) is 0 Å². The molecule has 0 unspecified atom stereocenters. The average molecular weight is 615 g/mol. The van der Waals surface area contributed by atoms with Crippen LogP contribution in [0, 0.1) is 0 Å². The van der Waals surface area contributed by atoms with Crippen molar-refractivity contribution >= 4 is 42.5 Å². The Morgan fingerprint density at radius 1 is 0.489 bits per heavy atom. The van der Waals surface area contributed by atoms with Gasteiger partial charge in [-0.1, -0.05) is 140 Å². The molecule has 0 fully saturated rings. The zero-order valence-electron chi connectivity index (χ0n) is 25.3. The third-order valence-corrected chi connectivity index (χ3v) is 11.6. The van der Waals surface area contributed by atoms with Crippen molar-refractivity contribution < 1.29 is 0 Å². The van der Waals surface area contributed by atoms with E-state index in [2.05, 4.69) is 162 Å². The molecule has 3 heteroatoms. The van der Waals surface area contributed by atoms with Gasteiger partial charge in [-0.25, -0.2) is 4.98 Å². The van der Waals surface area contributed by atoms with E-state index in [1.54, 1.807) is 0 Å². The molecule has 1 aliphatic heterocycles. The zero-order valence-corrected chi connectivity index (χ0v) is 26.1. The Bertz CT molecular complexity index is 2750. The summed E-state index contributed by atoms with van der Waals surface area (Å²) in [5, 5.41) is 2.65. The first-order valence-corrected chi connectivity index (χ1v) is 17.0. The quantitative estimate of drug-likeness (QED) is 0.189. The van der Waals surface area contributed by atoms with Crippen LogP contribution < -0.4 is 0 Å². The van der Waals surface area contributed by atoms with Crippen molar-refractivity contribution in [2.45, 2.75) is 5.41 Å². The molecule has 0 N–H and O–H groups in total. The minimum absolute atomic E-state index is 0.490. The van der Waals surface area contributed by atoms with Crippen LogP contribution in [0.2, 0.25) is 0 Å². The highest BCUT2D eigenvalue weighted by Gasteiger charge is 2.51. The predicted octanol–water partition coefficient (Wildman–Crippen LogP) is 11.4. The Labute approximate surface area is 275 Å². The molecule has 0 amide bonds. The van der Waals surface area contributed by atoms with E-state index in [0.717, 1.165) is 16.9 Å². The lowest BCUT2D eigenvalue weighted by Gasteiger charge is -2.39. The van der Waals surface area contributed by atoms with Crippen LogP contribution in [0.4, 0.5) is 0 Å². The molecule has 218 valence electrons. The van der Waals surface area contributed by atoms with Gasteiger partial charge in [0.15, 0.2) is 0 Å². The maximum Gasteiger partial charge on any atom is 0.145 e. The molecule has 3 heterocycles. The minimum Gasteiger partial charge on any atom is -0.292 e. The van der Waals surface area contributed by atoms with Gasteiger partial charge in [0.25, 0.3) is 0 Å². The van der Waals surface area contributed by atoms with Crippen LogP contribution in [0.25, 0.3) is 70.5 Å². The van der Waals surface area contributed by atoms with Crippen LogP contribution in [0.3, 0.4) is 0 Å². The van der Waals surface area contributed by atoms with Gasteiger partial charge in [0.1, 0.15) is 5.82 Å². The van der Waals surface area contributed by atoms with Gasteiger partial charge in [-0.3, -0.25) is 4.57 Å². The summed E-state index contributed by atoms with van der Waals surface area (Å²) in [4.78, 5) is 5.30. The van der Waals surface area contributed by atoms with Crippen LogP contribution in [-0.4, -0.2) is 9.55 Å². The van der Waals surface area contributed by atoms with Crippen LogP contribution >= 0.6 is 11.3 Å². The predicted molar refractivity (Wildman–Crippen MR) is 196 cm³/mol. The van der Waals surface area contributed by atoms with Crippen molar-refractivity contribution in [1.82, 2.24) is 9.55 Å². The molecule has 7 aromatic carbocycles. The Morgan fingerprint density at radius 2 is 1.15 bits per heavy atom. The Hall–Kier alpha value is -5.77. The SMILES string of the molecule is c1ccc(-c2nc3cccc4c3n2-c2ccccc2[C@]42c3ccccc3-c3c(-c4cccc5c4sc4ccccc45)cccc32)cc1. The number of benzene rings is 7. The van der Waals surface area contributed by atoms with E-state index in [1.807, 2.05) is 11.3 Å². The fourth-order valence-electron chi connectivity index (χ4n) is 8.67. The molecule has 11 rings (SSSR count). The first-order valence-electron chi connectivity index (χ1n) is 16.2. The van der Waals surface area contributed by atoms with Gasteiger partial charge < -0.3 is 0 Å². The molecular weight excluding hydrogens is 589 g/mol. The van der Waals surface area contributed by atoms with E-state index in [-0.39, 0.29) is 0 Å². The number of aromatic nitrogens is 2. The number of imidazole rings is 1. The molecular formula is C44H26N2S. The largest absolute Gasteiger partial charge is 0.292 e. The Balaban J connectivity index is 1.29. The van der Waals surface area contributed by atoms with E-state index in [1.165, 1.54) is 75.9 Å². The summed E-state index contributed by atoms with van der Waals surface area (Å²) in [6.07, 6.45) is 0. The maximum atomic E-state index is 5.30. The third kappa shape index (κ3) is 3.12. The number of thiophene rings is 1. The highest BCUT2D eigenvalue weighted by atomic mass is 32.1. The molecule has 2 aliphatic rings. The molecule has 2 nitrogen and oxygen atoms in total. The van der Waals surface area contributed by atoms with Gasteiger partial charge in [0, 0.05) is 31.3 Å². The lowest BCUT2D eigenvalue weighted by atomic mass is 9.65. The van der Waals surface area contributed by atoms with Gasteiger partial charge in [0.2, 0.25) is 0 Å². The summed E-state index contributed by atoms with van der Waals surface area (Å²) in [5.41, 5.74) is 14.5. The topological polar surface area (TPSA) is 17.8 Å².